The molecule has 0 radical (unpaired) electrons. The van der Waals surface area contributed by atoms with Crippen molar-refractivity contribution in [3.63, 3.8) is 0 Å². The highest BCUT2D eigenvalue weighted by Crippen LogP contribution is 2.23. The number of halogens is 1. The fourth-order valence-corrected chi connectivity index (χ4v) is 3.25. The Kier molecular flexibility index (Phi) is 7.57. The molecule has 0 aliphatic rings. The summed E-state index contributed by atoms with van der Waals surface area (Å²) in [5.41, 5.74) is 2.23. The average Bonchev–Trinajstić information content (AvgIpc) is 2.79. The average molecular weight is 485 g/mol. The Morgan fingerprint density at radius 2 is 1.68 bits per heavy atom. The van der Waals surface area contributed by atoms with E-state index in [9.17, 15) is 24.6 Å². The van der Waals surface area contributed by atoms with Gasteiger partial charge in [0.1, 0.15) is 12.0 Å². The molecule has 1 unspecified atom stereocenters. The van der Waals surface area contributed by atoms with Crippen LogP contribution in [0.25, 0.3) is 11.1 Å². The minimum atomic E-state index is -2.17. The minimum absolute atomic E-state index is 0.0435. The van der Waals surface area contributed by atoms with Gasteiger partial charge < -0.3 is 15.3 Å². The molecule has 2 aromatic carbocycles. The Morgan fingerprint density at radius 1 is 1.00 bits per heavy atom. The summed E-state index contributed by atoms with van der Waals surface area (Å²) in [5.74, 6) is -3.60. The first-order valence-electron chi connectivity index (χ1n) is 9.97. The van der Waals surface area contributed by atoms with Gasteiger partial charge in [0, 0.05) is 17.6 Å². The molecule has 0 aliphatic carbocycles. The molecule has 4 N–H and O–H groups in total. The highest BCUT2D eigenvalue weighted by Gasteiger charge is 2.33. The van der Waals surface area contributed by atoms with Gasteiger partial charge in [0.2, 0.25) is 0 Å². The van der Waals surface area contributed by atoms with Gasteiger partial charge in [0.05, 0.1) is 6.54 Å². The summed E-state index contributed by atoms with van der Waals surface area (Å²) in [6, 6.07) is 15.6. The number of nitrogens with one attached hydrogen (secondary N) is 1. The van der Waals surface area contributed by atoms with Crippen LogP contribution in [0, 0.1) is 0 Å². The Labute approximate surface area is 199 Å². The molecule has 0 bridgehead atoms. The number of rotatable bonds is 9. The second-order valence-electron chi connectivity index (χ2n) is 7.68. The third kappa shape index (κ3) is 6.35. The number of carbonyl (C=O) groups is 3. The zero-order valence-electron chi connectivity index (χ0n) is 18.0. The first-order valence-corrected chi connectivity index (χ1v) is 10.3. The number of benzene rings is 2. The van der Waals surface area contributed by atoms with Crippen molar-refractivity contribution in [3.05, 3.63) is 82.9 Å². The van der Waals surface area contributed by atoms with E-state index in [-0.39, 0.29) is 17.9 Å². The van der Waals surface area contributed by atoms with Gasteiger partial charge >= 0.3 is 11.9 Å². The van der Waals surface area contributed by atoms with E-state index in [1.54, 1.807) is 18.2 Å². The van der Waals surface area contributed by atoms with Crippen molar-refractivity contribution in [1.29, 1.82) is 0 Å². The molecule has 3 rings (SSSR count). The maximum absolute atomic E-state index is 12.7. The van der Waals surface area contributed by atoms with E-state index in [4.69, 9.17) is 16.7 Å². The Morgan fingerprint density at radius 3 is 2.29 bits per heavy atom. The lowest BCUT2D eigenvalue weighted by molar-refractivity contribution is -0.159. The molecule has 176 valence electrons. The lowest BCUT2D eigenvalue weighted by Gasteiger charge is -2.29. The fourth-order valence-electron chi connectivity index (χ4n) is 3.06. The van der Waals surface area contributed by atoms with Crippen LogP contribution in [0.1, 0.15) is 33.5 Å². The van der Waals surface area contributed by atoms with Crippen LogP contribution < -0.4 is 5.43 Å². The number of amides is 1. The first kappa shape index (κ1) is 24.8. The fraction of sp³-hybridized carbons (Fsp3) is 0.174. The molecule has 0 spiro atoms. The maximum Gasteiger partial charge on any atom is 0.354 e. The van der Waals surface area contributed by atoms with Crippen LogP contribution >= 0.6 is 11.6 Å². The van der Waals surface area contributed by atoms with Gasteiger partial charge in [-0.2, -0.15) is 0 Å². The summed E-state index contributed by atoms with van der Waals surface area (Å²) in [6.45, 7) is 0.687. The number of hydrazine groups is 1. The van der Waals surface area contributed by atoms with Gasteiger partial charge in [-0.05, 0) is 35.7 Å². The highest BCUT2D eigenvalue weighted by molar-refractivity contribution is 6.30. The Balaban J connectivity index is 1.81. The molecular formula is C23H21ClN4O6. The van der Waals surface area contributed by atoms with E-state index in [0.29, 0.717) is 10.6 Å². The SMILES string of the molecule is CC(O)(CN(Cc1ccc(-c2cccc(Cl)c2)cc1)NC(=O)c1cc(C(=O)O)ncn1)C(=O)O. The lowest BCUT2D eigenvalue weighted by atomic mass is 10.0. The van der Waals surface area contributed by atoms with Gasteiger partial charge in [-0.1, -0.05) is 48.0 Å². The second-order valence-corrected chi connectivity index (χ2v) is 8.11. The number of aromatic nitrogens is 2. The van der Waals surface area contributed by atoms with E-state index in [1.165, 1.54) is 5.01 Å². The third-order valence-electron chi connectivity index (χ3n) is 4.82. The number of aliphatic carboxylic acids is 1. The molecule has 11 heteroatoms. The molecule has 0 fully saturated rings. The topological polar surface area (TPSA) is 153 Å². The van der Waals surface area contributed by atoms with Crippen LogP contribution in [0.15, 0.2) is 60.9 Å². The van der Waals surface area contributed by atoms with Gasteiger partial charge in [-0.3, -0.25) is 10.2 Å². The molecule has 0 saturated heterocycles. The minimum Gasteiger partial charge on any atom is -0.479 e. The molecule has 1 amide bonds. The van der Waals surface area contributed by atoms with Crippen LogP contribution in [0.3, 0.4) is 0 Å². The monoisotopic (exact) mass is 484 g/mol. The zero-order chi connectivity index (χ0) is 24.9. The van der Waals surface area contributed by atoms with Gasteiger partial charge in [0.15, 0.2) is 11.3 Å². The molecule has 1 heterocycles. The number of aromatic carboxylic acids is 1. The highest BCUT2D eigenvalue weighted by atomic mass is 35.5. The molecule has 34 heavy (non-hydrogen) atoms. The van der Waals surface area contributed by atoms with Crippen molar-refractivity contribution in [3.8, 4) is 11.1 Å². The van der Waals surface area contributed by atoms with Crippen LogP contribution in [-0.2, 0) is 11.3 Å². The molecule has 0 aliphatic heterocycles. The summed E-state index contributed by atoms with van der Waals surface area (Å²) >= 11 is 6.05. The maximum atomic E-state index is 12.7. The van der Waals surface area contributed by atoms with E-state index >= 15 is 0 Å². The van der Waals surface area contributed by atoms with Crippen molar-refractivity contribution in [2.24, 2.45) is 0 Å². The van der Waals surface area contributed by atoms with E-state index in [1.807, 2.05) is 30.3 Å². The van der Waals surface area contributed by atoms with Gasteiger partial charge in [-0.25, -0.2) is 24.6 Å². The van der Waals surface area contributed by atoms with Crippen molar-refractivity contribution >= 4 is 29.4 Å². The van der Waals surface area contributed by atoms with E-state index in [0.717, 1.165) is 30.4 Å². The summed E-state index contributed by atoms with van der Waals surface area (Å²) in [6.07, 6.45) is 0.935. The number of hydrogen-bond donors (Lipinski definition) is 4. The number of hydrogen-bond acceptors (Lipinski definition) is 7. The normalized spacial score (nSPS) is 12.7. The van der Waals surface area contributed by atoms with Crippen molar-refractivity contribution < 1.29 is 29.7 Å². The van der Waals surface area contributed by atoms with Crippen LogP contribution in [0.4, 0.5) is 0 Å². The lowest BCUT2D eigenvalue weighted by Crippen LogP contribution is -2.52. The van der Waals surface area contributed by atoms with E-state index in [2.05, 4.69) is 15.4 Å². The zero-order valence-corrected chi connectivity index (χ0v) is 18.7. The molecule has 1 atom stereocenters. The molecule has 0 saturated carbocycles. The summed E-state index contributed by atoms with van der Waals surface area (Å²) < 4.78 is 0. The first-order chi connectivity index (χ1) is 16.0. The quantitative estimate of drug-likeness (QED) is 0.335. The van der Waals surface area contributed by atoms with Crippen molar-refractivity contribution in [2.75, 3.05) is 6.54 Å². The smallest absolute Gasteiger partial charge is 0.354 e. The molecular weight excluding hydrogens is 464 g/mol. The molecule has 10 nitrogen and oxygen atoms in total. The summed E-state index contributed by atoms with van der Waals surface area (Å²) in [5, 5.41) is 30.4. The number of carbonyl (C=O) groups excluding carboxylic acids is 1. The molecule has 1 aromatic heterocycles. The number of aliphatic hydroxyl groups is 1. The van der Waals surface area contributed by atoms with Crippen LogP contribution in [0.2, 0.25) is 5.02 Å². The number of nitrogens with zero attached hydrogens (tertiary/aromatic N) is 3. The second kappa shape index (κ2) is 10.4. The Bertz CT molecular complexity index is 1220. The van der Waals surface area contributed by atoms with E-state index < -0.39 is 30.0 Å². The third-order valence-corrected chi connectivity index (χ3v) is 5.06. The van der Waals surface area contributed by atoms with Crippen molar-refractivity contribution in [2.45, 2.75) is 19.1 Å². The summed E-state index contributed by atoms with van der Waals surface area (Å²) in [4.78, 5) is 42.5. The van der Waals surface area contributed by atoms with Crippen LogP contribution in [0.5, 0.6) is 0 Å². The number of carboxylic acids is 2. The number of carboxylic acid groups (broad SMARTS) is 2. The largest absolute Gasteiger partial charge is 0.479 e. The van der Waals surface area contributed by atoms with Crippen molar-refractivity contribution in [1.82, 2.24) is 20.4 Å². The Hall–Kier alpha value is -3.86. The predicted molar refractivity (Wildman–Crippen MR) is 122 cm³/mol. The molecule has 3 aromatic rings. The predicted octanol–water partition coefficient (Wildman–Crippen LogP) is 2.48. The summed E-state index contributed by atoms with van der Waals surface area (Å²) in [7, 11) is 0. The standard InChI is InChI=1S/C23H21ClN4O6/c1-23(34,22(32)33)12-28(27-20(29)18-10-19(21(30)31)26-13-25-18)11-14-5-7-15(8-6-14)16-3-2-4-17(24)9-16/h2-10,13,34H,11-12H2,1H3,(H,27,29)(H,30,31)(H,32,33). The van der Waals surface area contributed by atoms with Gasteiger partial charge in [-0.15, -0.1) is 0 Å². The van der Waals surface area contributed by atoms with Crippen LogP contribution in [-0.4, -0.2) is 60.3 Å². The van der Waals surface area contributed by atoms with Gasteiger partial charge in [0.25, 0.3) is 5.91 Å².